The van der Waals surface area contributed by atoms with Gasteiger partial charge in [0.05, 0.1) is 25.3 Å². The Morgan fingerprint density at radius 2 is 1.61 bits per heavy atom. The topological polar surface area (TPSA) is 79.9 Å². The number of carbonyl (C=O) groups is 2. The van der Waals surface area contributed by atoms with Crippen LogP contribution in [-0.4, -0.2) is 46.7 Å². The van der Waals surface area contributed by atoms with Crippen molar-refractivity contribution in [2.45, 2.75) is 6.42 Å². The van der Waals surface area contributed by atoms with Crippen molar-refractivity contribution >= 4 is 23.2 Å². The summed E-state index contributed by atoms with van der Waals surface area (Å²) in [5.74, 6) is 0.444. The van der Waals surface area contributed by atoms with E-state index in [1.165, 1.54) is 7.11 Å². The Hall–Kier alpha value is -4.00. The zero-order chi connectivity index (χ0) is 23.8. The smallest absolute Gasteiger partial charge is 0.259 e. The van der Waals surface area contributed by atoms with Crippen molar-refractivity contribution in [1.29, 1.82) is 0 Å². The number of ether oxygens (including phenoxy) is 2. The highest BCUT2D eigenvalue weighted by Gasteiger charge is 2.17. The summed E-state index contributed by atoms with van der Waals surface area (Å²) >= 11 is 0. The average molecular weight is 448 g/mol. The molecule has 3 aromatic carbocycles. The Kier molecular flexibility index (Phi) is 7.91. The van der Waals surface area contributed by atoms with Crippen LogP contribution >= 0.6 is 0 Å². The normalized spacial score (nSPS) is 10.3. The van der Waals surface area contributed by atoms with Gasteiger partial charge < -0.3 is 25.0 Å². The third-order valence-corrected chi connectivity index (χ3v) is 5.18. The van der Waals surface area contributed by atoms with Crippen molar-refractivity contribution in [2.24, 2.45) is 0 Å². The maximum Gasteiger partial charge on any atom is 0.259 e. The summed E-state index contributed by atoms with van der Waals surface area (Å²) in [5, 5.41) is 5.83. The molecule has 0 atom stereocenters. The summed E-state index contributed by atoms with van der Waals surface area (Å²) in [7, 11) is 6.79. The number of hydrogen-bond acceptors (Lipinski definition) is 5. The second-order valence-electron chi connectivity index (χ2n) is 7.64. The number of hydrogen-bond donors (Lipinski definition) is 2. The molecule has 33 heavy (non-hydrogen) atoms. The fraction of sp³-hybridized carbons (Fsp3) is 0.231. The van der Waals surface area contributed by atoms with Gasteiger partial charge in [-0.2, -0.15) is 0 Å². The van der Waals surface area contributed by atoms with Gasteiger partial charge in [0, 0.05) is 38.1 Å². The lowest BCUT2D eigenvalue weighted by Gasteiger charge is -2.19. The quantitative estimate of drug-likeness (QED) is 0.518. The van der Waals surface area contributed by atoms with Gasteiger partial charge in [-0.3, -0.25) is 9.59 Å². The second kappa shape index (κ2) is 11.0. The van der Waals surface area contributed by atoms with Gasteiger partial charge in [0.25, 0.3) is 11.8 Å². The first-order chi connectivity index (χ1) is 15.9. The van der Waals surface area contributed by atoms with Crippen molar-refractivity contribution in [3.8, 4) is 11.5 Å². The van der Waals surface area contributed by atoms with Crippen LogP contribution in [0.4, 0.5) is 11.4 Å². The molecule has 0 radical (unpaired) electrons. The third kappa shape index (κ3) is 6.04. The predicted molar refractivity (Wildman–Crippen MR) is 131 cm³/mol. The first-order valence-electron chi connectivity index (χ1n) is 10.6. The molecule has 0 aromatic heterocycles. The molecule has 7 nitrogen and oxygen atoms in total. The number of rotatable bonds is 9. The largest absolute Gasteiger partial charge is 0.497 e. The maximum absolute atomic E-state index is 13.0. The first-order valence-corrected chi connectivity index (χ1v) is 10.6. The first kappa shape index (κ1) is 23.7. The standard InChI is InChI=1S/C26H29N3O4/c1-29(2)23-13-10-19(28-26(31)21-12-11-20(32-3)17-24(21)33-4)16-22(23)25(30)27-15-14-18-8-6-5-7-9-18/h5-13,16-17H,14-15H2,1-4H3,(H,27,30)(H,28,31). The molecule has 0 saturated heterocycles. The van der Waals surface area contributed by atoms with E-state index < -0.39 is 0 Å². The Balaban J connectivity index is 1.76. The fourth-order valence-electron chi connectivity index (χ4n) is 3.43. The Labute approximate surface area is 194 Å². The molecule has 2 amide bonds. The van der Waals surface area contributed by atoms with E-state index in [1.807, 2.05) is 55.4 Å². The summed E-state index contributed by atoms with van der Waals surface area (Å²) in [5.41, 5.74) is 3.26. The molecule has 0 heterocycles. The molecule has 0 spiro atoms. The number of nitrogens with zero attached hydrogens (tertiary/aromatic N) is 1. The van der Waals surface area contributed by atoms with E-state index >= 15 is 0 Å². The highest BCUT2D eigenvalue weighted by Crippen LogP contribution is 2.27. The van der Waals surface area contributed by atoms with E-state index in [2.05, 4.69) is 10.6 Å². The van der Waals surface area contributed by atoms with Crippen LogP contribution in [0.5, 0.6) is 11.5 Å². The fourth-order valence-corrected chi connectivity index (χ4v) is 3.43. The van der Waals surface area contributed by atoms with Gasteiger partial charge in [-0.15, -0.1) is 0 Å². The van der Waals surface area contributed by atoms with Gasteiger partial charge in [0.15, 0.2) is 0 Å². The number of carbonyl (C=O) groups excluding carboxylic acids is 2. The molecular weight excluding hydrogens is 418 g/mol. The monoisotopic (exact) mass is 447 g/mol. The van der Waals surface area contributed by atoms with Gasteiger partial charge in [-0.05, 0) is 42.3 Å². The van der Waals surface area contributed by atoms with E-state index in [0.29, 0.717) is 34.9 Å². The van der Waals surface area contributed by atoms with Crippen LogP contribution in [0.1, 0.15) is 26.3 Å². The van der Waals surface area contributed by atoms with Gasteiger partial charge in [0.2, 0.25) is 0 Å². The lowest BCUT2D eigenvalue weighted by atomic mass is 10.1. The summed E-state index contributed by atoms with van der Waals surface area (Å²) < 4.78 is 10.5. The number of amides is 2. The molecule has 0 bridgehead atoms. The van der Waals surface area contributed by atoms with Crippen molar-refractivity contribution in [1.82, 2.24) is 5.32 Å². The second-order valence-corrected chi connectivity index (χ2v) is 7.64. The number of benzene rings is 3. The Morgan fingerprint density at radius 3 is 2.27 bits per heavy atom. The number of nitrogens with one attached hydrogen (secondary N) is 2. The van der Waals surface area contributed by atoms with E-state index in [0.717, 1.165) is 17.7 Å². The van der Waals surface area contributed by atoms with Crippen molar-refractivity contribution in [3.63, 3.8) is 0 Å². The van der Waals surface area contributed by atoms with E-state index in [9.17, 15) is 9.59 Å². The summed E-state index contributed by atoms with van der Waals surface area (Å²) in [4.78, 5) is 27.7. The summed E-state index contributed by atoms with van der Waals surface area (Å²) in [6.45, 7) is 0.509. The molecule has 0 aliphatic rings. The van der Waals surface area contributed by atoms with Crippen LogP contribution in [-0.2, 0) is 6.42 Å². The lowest BCUT2D eigenvalue weighted by Crippen LogP contribution is -2.28. The Bertz CT molecular complexity index is 1110. The molecule has 0 fully saturated rings. The molecule has 0 saturated carbocycles. The summed E-state index contributed by atoms with van der Waals surface area (Å²) in [6.07, 6.45) is 0.734. The zero-order valence-corrected chi connectivity index (χ0v) is 19.3. The minimum atomic E-state index is -0.345. The van der Waals surface area contributed by atoms with E-state index in [1.54, 1.807) is 37.4 Å². The van der Waals surface area contributed by atoms with Crippen LogP contribution in [0, 0.1) is 0 Å². The molecule has 3 aromatic rings. The highest BCUT2D eigenvalue weighted by molar-refractivity contribution is 6.07. The zero-order valence-electron chi connectivity index (χ0n) is 19.3. The molecule has 3 rings (SSSR count). The molecule has 0 unspecified atom stereocenters. The van der Waals surface area contributed by atoms with Crippen LogP contribution in [0.25, 0.3) is 0 Å². The lowest BCUT2D eigenvalue weighted by molar-refractivity contribution is 0.0953. The molecule has 2 N–H and O–H groups in total. The van der Waals surface area contributed by atoms with E-state index in [4.69, 9.17) is 9.47 Å². The highest BCUT2D eigenvalue weighted by atomic mass is 16.5. The van der Waals surface area contributed by atoms with Crippen LogP contribution in [0.15, 0.2) is 66.7 Å². The molecular formula is C26H29N3O4. The van der Waals surface area contributed by atoms with Crippen molar-refractivity contribution < 1.29 is 19.1 Å². The van der Waals surface area contributed by atoms with Crippen LogP contribution < -0.4 is 25.0 Å². The minimum Gasteiger partial charge on any atom is -0.497 e. The maximum atomic E-state index is 13.0. The molecule has 0 aliphatic carbocycles. The van der Waals surface area contributed by atoms with Crippen LogP contribution in [0.3, 0.4) is 0 Å². The number of methoxy groups -OCH3 is 2. The molecule has 172 valence electrons. The SMILES string of the molecule is COc1ccc(C(=O)Nc2ccc(N(C)C)c(C(=O)NCCc3ccccc3)c2)c(OC)c1. The van der Waals surface area contributed by atoms with Gasteiger partial charge in [0.1, 0.15) is 11.5 Å². The van der Waals surface area contributed by atoms with Crippen LogP contribution in [0.2, 0.25) is 0 Å². The predicted octanol–water partition coefficient (Wildman–Crippen LogP) is 3.99. The Morgan fingerprint density at radius 1 is 0.848 bits per heavy atom. The number of anilines is 2. The van der Waals surface area contributed by atoms with Gasteiger partial charge >= 0.3 is 0 Å². The van der Waals surface area contributed by atoms with E-state index in [-0.39, 0.29) is 11.8 Å². The van der Waals surface area contributed by atoms with Gasteiger partial charge in [-0.1, -0.05) is 30.3 Å². The minimum absolute atomic E-state index is 0.201. The van der Waals surface area contributed by atoms with Crippen molar-refractivity contribution in [3.05, 3.63) is 83.4 Å². The summed E-state index contributed by atoms with van der Waals surface area (Å²) in [6, 6.07) is 20.2. The van der Waals surface area contributed by atoms with Gasteiger partial charge in [-0.25, -0.2) is 0 Å². The third-order valence-electron chi connectivity index (χ3n) is 5.18. The molecule has 0 aliphatic heterocycles. The molecule has 7 heteroatoms. The average Bonchev–Trinajstić information content (AvgIpc) is 2.83. The van der Waals surface area contributed by atoms with Crippen molar-refractivity contribution in [2.75, 3.05) is 45.1 Å².